The average Bonchev–Trinajstić information content (AvgIpc) is 3.38. The zero-order valence-corrected chi connectivity index (χ0v) is 21.2. The molecule has 0 heterocycles. The summed E-state index contributed by atoms with van der Waals surface area (Å²) < 4.78 is 7.70. The molecule has 0 aliphatic heterocycles. The third kappa shape index (κ3) is 3.99. The van der Waals surface area contributed by atoms with Crippen LogP contribution in [-0.2, 0) is 28.2 Å². The molecule has 0 amide bonds. The van der Waals surface area contributed by atoms with E-state index in [1.165, 1.54) is 49.3 Å². The number of hydrogen-bond acceptors (Lipinski definition) is 0. The Morgan fingerprint density at radius 3 is 1.16 bits per heavy atom. The normalized spacial score (nSPS) is 17.2. The molecule has 4 rings (SSSR count). The van der Waals surface area contributed by atoms with Crippen LogP contribution in [0.3, 0.4) is 0 Å². The van der Waals surface area contributed by atoms with Crippen molar-refractivity contribution in [1.29, 1.82) is 0 Å². The Morgan fingerprint density at radius 1 is 0.548 bits per heavy atom. The van der Waals surface area contributed by atoms with Crippen LogP contribution in [0.2, 0.25) is 13.7 Å². The van der Waals surface area contributed by atoms with Gasteiger partial charge in [0.15, 0.2) is 0 Å². The Hall–Kier alpha value is -1.63. The Morgan fingerprint density at radius 2 is 0.871 bits per heavy atom. The molecule has 0 atom stereocenters. The van der Waals surface area contributed by atoms with Gasteiger partial charge in [-0.3, -0.25) is 0 Å². The van der Waals surface area contributed by atoms with Gasteiger partial charge in [-0.1, -0.05) is 0 Å². The van der Waals surface area contributed by atoms with E-state index in [-0.39, 0.29) is 0 Å². The summed E-state index contributed by atoms with van der Waals surface area (Å²) in [5.41, 5.74) is 4.74. The summed E-state index contributed by atoms with van der Waals surface area (Å²) in [7, 11) is 0. The van der Waals surface area contributed by atoms with E-state index in [1.54, 1.807) is 16.7 Å². The average molecular weight is 449 g/mol. The monoisotopic (exact) mass is 448 g/mol. The van der Waals surface area contributed by atoms with E-state index in [4.69, 9.17) is 0 Å². The van der Waals surface area contributed by atoms with Crippen molar-refractivity contribution in [3.05, 3.63) is 108 Å². The van der Waals surface area contributed by atoms with E-state index in [1.807, 2.05) is 0 Å². The van der Waals surface area contributed by atoms with E-state index >= 15 is 0 Å². The van der Waals surface area contributed by atoms with Gasteiger partial charge in [0, 0.05) is 0 Å². The molecular formula is C30H40Ti. The molecule has 3 aromatic carbocycles. The van der Waals surface area contributed by atoms with Gasteiger partial charge in [-0.25, -0.2) is 0 Å². The molecule has 0 N–H and O–H groups in total. The summed E-state index contributed by atoms with van der Waals surface area (Å²) in [6, 6.07) is 34.6. The molecule has 1 aliphatic carbocycles. The Kier molecular flexibility index (Phi) is 6.35. The summed E-state index contributed by atoms with van der Waals surface area (Å²) in [5, 5.41) is 0. The van der Waals surface area contributed by atoms with Gasteiger partial charge in [0.2, 0.25) is 0 Å². The van der Waals surface area contributed by atoms with Gasteiger partial charge >= 0.3 is 189 Å². The van der Waals surface area contributed by atoms with Gasteiger partial charge in [0.25, 0.3) is 0 Å². The van der Waals surface area contributed by atoms with E-state index in [2.05, 4.69) is 105 Å². The van der Waals surface area contributed by atoms with Crippen molar-refractivity contribution in [2.24, 2.45) is 0 Å². The zero-order chi connectivity index (χ0) is 21.7. The van der Waals surface area contributed by atoms with Crippen LogP contribution in [0.15, 0.2) is 91.0 Å². The van der Waals surface area contributed by atoms with Gasteiger partial charge < -0.3 is 0 Å². The second-order valence-electron chi connectivity index (χ2n) is 11.2. The predicted octanol–water partition coefficient (Wildman–Crippen LogP) is 9.05. The summed E-state index contributed by atoms with van der Waals surface area (Å²) in [5.74, 6) is 0. The Balaban J connectivity index is 2.00. The maximum absolute atomic E-state index is 3.76. The molecule has 0 saturated heterocycles. The van der Waals surface area contributed by atoms with E-state index in [9.17, 15) is 0 Å². The van der Waals surface area contributed by atoms with Crippen LogP contribution < -0.4 is 0 Å². The standard InChI is InChI=1S/3C7H7.C5H9.2C2H5.Ti/c3*1-7-5-3-2-4-6-7;1-2-4-5-3-1;2*1-2;/h3*2-6H,1H2;1H,2-5H2;2*1H2,2H3;. The number of benzene rings is 3. The molecule has 0 radical (unpaired) electrons. The second kappa shape index (κ2) is 8.72. The zero-order valence-electron chi connectivity index (χ0n) is 19.6. The van der Waals surface area contributed by atoms with Crippen molar-refractivity contribution in [2.45, 2.75) is 67.4 Å². The molecule has 0 nitrogen and oxygen atoms in total. The molecule has 1 heteroatoms. The number of hydrogen-bond donors (Lipinski definition) is 0. The minimum absolute atomic E-state index is 0.913. The molecule has 0 unspecified atom stereocenters. The minimum atomic E-state index is -3.76. The van der Waals surface area contributed by atoms with Gasteiger partial charge in [-0.05, 0) is 0 Å². The fourth-order valence-electron chi connectivity index (χ4n) is 8.02. The van der Waals surface area contributed by atoms with Crippen LogP contribution in [0.25, 0.3) is 0 Å². The van der Waals surface area contributed by atoms with Crippen molar-refractivity contribution < 1.29 is 14.0 Å². The molecule has 1 fully saturated rings. The first-order valence-electron chi connectivity index (χ1n) is 12.6. The van der Waals surface area contributed by atoms with Crippen LogP contribution in [0.4, 0.5) is 0 Å². The quantitative estimate of drug-likeness (QED) is 0.286. The first-order chi connectivity index (χ1) is 15.1. The molecule has 1 saturated carbocycles. The van der Waals surface area contributed by atoms with Crippen molar-refractivity contribution in [1.82, 2.24) is 0 Å². The van der Waals surface area contributed by atoms with E-state index in [0.29, 0.717) is 0 Å². The van der Waals surface area contributed by atoms with Crippen LogP contribution in [0.5, 0.6) is 0 Å². The van der Waals surface area contributed by atoms with Gasteiger partial charge in [0.1, 0.15) is 0 Å². The maximum atomic E-state index is 2.58. The SMILES string of the molecule is C[CH2][Ti]([CH2]C)([CH2]c1ccccc1)([CH2]c1ccccc1)([CH2]c1ccccc1)[CH]1CCCC1. The van der Waals surface area contributed by atoms with Crippen molar-refractivity contribution in [3.63, 3.8) is 0 Å². The van der Waals surface area contributed by atoms with Crippen LogP contribution in [0.1, 0.15) is 56.2 Å². The summed E-state index contributed by atoms with van der Waals surface area (Å²) in [6.45, 7) is 5.17. The molecule has 1 aliphatic rings. The third-order valence-electron chi connectivity index (χ3n) is 10.2. The first kappa shape index (κ1) is 22.6. The molecule has 164 valence electrons. The van der Waals surface area contributed by atoms with Gasteiger partial charge in [0.05, 0.1) is 0 Å². The predicted molar refractivity (Wildman–Crippen MR) is 134 cm³/mol. The third-order valence-corrected chi connectivity index (χ3v) is 30.6. The molecular weight excluding hydrogens is 408 g/mol. The van der Waals surface area contributed by atoms with E-state index in [0.717, 1.165) is 4.22 Å². The number of rotatable bonds is 9. The van der Waals surface area contributed by atoms with Crippen molar-refractivity contribution in [3.8, 4) is 0 Å². The molecule has 0 spiro atoms. The topological polar surface area (TPSA) is 0 Å². The second-order valence-corrected chi connectivity index (χ2v) is 27.3. The van der Waals surface area contributed by atoms with Gasteiger partial charge in [-0.15, -0.1) is 0 Å². The fraction of sp³-hybridized carbons (Fsp3) is 0.400. The first-order valence-corrected chi connectivity index (χ1v) is 19.0. The van der Waals surface area contributed by atoms with Crippen LogP contribution in [-0.4, -0.2) is 0 Å². The summed E-state index contributed by atoms with van der Waals surface area (Å²) in [6.07, 6.45) is 5.73. The van der Waals surface area contributed by atoms with Crippen LogP contribution in [0, 0.1) is 0 Å². The molecule has 3 aromatic rings. The molecule has 0 aromatic heterocycles. The van der Waals surface area contributed by atoms with Crippen molar-refractivity contribution >= 4 is 0 Å². The van der Waals surface area contributed by atoms with Gasteiger partial charge in [-0.2, -0.15) is 0 Å². The fourth-order valence-corrected chi connectivity index (χ4v) is 26.3. The van der Waals surface area contributed by atoms with Crippen LogP contribution >= 0.6 is 0 Å². The molecule has 0 bridgehead atoms. The van der Waals surface area contributed by atoms with Crippen molar-refractivity contribution in [2.75, 3.05) is 0 Å². The van der Waals surface area contributed by atoms with E-state index < -0.39 is 14.0 Å². The molecule has 31 heavy (non-hydrogen) atoms. The Labute approximate surface area is 188 Å². The summed E-state index contributed by atoms with van der Waals surface area (Å²) >= 11 is -3.76. The summed E-state index contributed by atoms with van der Waals surface area (Å²) in [4.78, 5) is 0. The Bertz CT molecular complexity index is 854.